The largest absolute Gasteiger partial charge is 0.327 e. The molecule has 4 rings (SSSR count). The topological polar surface area (TPSA) is 26.0 Å². The molecule has 0 unspecified atom stereocenters. The van der Waals surface area contributed by atoms with Crippen LogP contribution in [-0.4, -0.2) is 6.54 Å². The van der Waals surface area contributed by atoms with Gasteiger partial charge in [-0.15, -0.1) is 0 Å². The van der Waals surface area contributed by atoms with Crippen molar-refractivity contribution in [3.63, 3.8) is 0 Å². The van der Waals surface area contributed by atoms with Crippen molar-refractivity contribution in [2.75, 3.05) is 6.54 Å². The molecular formula is C13H21N. The van der Waals surface area contributed by atoms with Crippen molar-refractivity contribution in [2.45, 2.75) is 32.1 Å². The first-order valence-corrected chi connectivity index (χ1v) is 6.23. The van der Waals surface area contributed by atoms with E-state index in [2.05, 4.69) is 12.2 Å². The fraction of sp³-hybridized carbons (Fsp3) is 0.846. The smallest absolute Gasteiger partial charge is 0.0106 e. The molecule has 4 bridgehead atoms. The van der Waals surface area contributed by atoms with Gasteiger partial charge in [-0.25, -0.2) is 0 Å². The lowest BCUT2D eigenvalue weighted by molar-refractivity contribution is -0.0162. The molecule has 0 saturated heterocycles. The van der Waals surface area contributed by atoms with Crippen LogP contribution in [0.4, 0.5) is 0 Å². The third-order valence-corrected chi connectivity index (χ3v) is 4.79. The zero-order valence-electron chi connectivity index (χ0n) is 8.86. The molecule has 4 aliphatic carbocycles. The van der Waals surface area contributed by atoms with Crippen LogP contribution in [0.3, 0.4) is 0 Å². The van der Waals surface area contributed by atoms with Crippen LogP contribution in [0, 0.1) is 29.6 Å². The molecule has 1 nitrogen and oxygen atoms in total. The highest BCUT2D eigenvalue weighted by molar-refractivity contribution is 5.05. The van der Waals surface area contributed by atoms with Crippen LogP contribution >= 0.6 is 0 Å². The number of allylic oxidation sites excluding steroid dienone is 1. The summed E-state index contributed by atoms with van der Waals surface area (Å²) >= 11 is 0. The standard InChI is InChI=1S/C13H21N/c14-3-1-2-13-11-5-9-4-10(7-11)8-12(13)6-9/h1-2,9-13H,3-8,14H2. The Morgan fingerprint density at radius 3 is 2.00 bits per heavy atom. The molecule has 0 radical (unpaired) electrons. The molecular weight excluding hydrogens is 170 g/mol. The van der Waals surface area contributed by atoms with E-state index in [1.165, 1.54) is 25.7 Å². The number of rotatable bonds is 2. The molecule has 0 atom stereocenters. The van der Waals surface area contributed by atoms with E-state index in [1.807, 2.05) is 0 Å². The van der Waals surface area contributed by atoms with Crippen molar-refractivity contribution in [2.24, 2.45) is 35.3 Å². The monoisotopic (exact) mass is 191 g/mol. The predicted molar refractivity (Wildman–Crippen MR) is 58.7 cm³/mol. The summed E-state index contributed by atoms with van der Waals surface area (Å²) in [5.41, 5.74) is 5.55. The Labute approximate surface area is 86.8 Å². The lowest BCUT2D eigenvalue weighted by Gasteiger charge is -2.53. The van der Waals surface area contributed by atoms with Crippen molar-refractivity contribution in [3.8, 4) is 0 Å². The van der Waals surface area contributed by atoms with Crippen molar-refractivity contribution < 1.29 is 0 Å². The molecule has 1 heteroatoms. The maximum atomic E-state index is 5.55. The first-order chi connectivity index (χ1) is 6.86. The molecule has 0 aromatic rings. The van der Waals surface area contributed by atoms with Gasteiger partial charge in [-0.3, -0.25) is 0 Å². The number of hydrogen-bond acceptors (Lipinski definition) is 1. The lowest BCUT2D eigenvalue weighted by Crippen LogP contribution is -2.44. The van der Waals surface area contributed by atoms with E-state index in [9.17, 15) is 0 Å². The van der Waals surface area contributed by atoms with Crippen molar-refractivity contribution in [3.05, 3.63) is 12.2 Å². The maximum absolute atomic E-state index is 5.55. The summed E-state index contributed by atoms with van der Waals surface area (Å²) in [5, 5.41) is 0. The molecule has 78 valence electrons. The number of nitrogens with two attached hydrogens (primary N) is 1. The SMILES string of the molecule is NCC=CC1C2CC3CC(C2)CC1C3. The Hall–Kier alpha value is -0.300. The summed E-state index contributed by atoms with van der Waals surface area (Å²) in [6, 6.07) is 0. The third kappa shape index (κ3) is 1.33. The summed E-state index contributed by atoms with van der Waals surface area (Å²) in [4.78, 5) is 0. The van der Waals surface area contributed by atoms with Gasteiger partial charge in [0.2, 0.25) is 0 Å². The van der Waals surface area contributed by atoms with Crippen molar-refractivity contribution >= 4 is 0 Å². The average molecular weight is 191 g/mol. The van der Waals surface area contributed by atoms with E-state index in [0.29, 0.717) is 0 Å². The predicted octanol–water partition coefficient (Wildman–Crippen LogP) is 2.57. The minimum absolute atomic E-state index is 0.725. The van der Waals surface area contributed by atoms with Crippen LogP contribution in [0.5, 0.6) is 0 Å². The zero-order valence-corrected chi connectivity index (χ0v) is 8.86. The Morgan fingerprint density at radius 2 is 1.50 bits per heavy atom. The normalized spacial score (nSPS) is 50.5. The molecule has 2 N–H and O–H groups in total. The second-order valence-corrected chi connectivity index (χ2v) is 5.67. The quantitative estimate of drug-likeness (QED) is 0.667. The highest BCUT2D eigenvalue weighted by atomic mass is 14.5. The van der Waals surface area contributed by atoms with Gasteiger partial charge in [0.25, 0.3) is 0 Å². The van der Waals surface area contributed by atoms with Gasteiger partial charge in [0.1, 0.15) is 0 Å². The van der Waals surface area contributed by atoms with Crippen LogP contribution < -0.4 is 5.73 Å². The first-order valence-electron chi connectivity index (χ1n) is 6.23. The number of hydrogen-bond donors (Lipinski definition) is 1. The van der Waals surface area contributed by atoms with E-state index < -0.39 is 0 Å². The second-order valence-electron chi connectivity index (χ2n) is 5.67. The lowest BCUT2D eigenvalue weighted by atomic mass is 9.52. The minimum Gasteiger partial charge on any atom is -0.327 e. The van der Waals surface area contributed by atoms with E-state index in [4.69, 9.17) is 5.73 Å². The van der Waals surface area contributed by atoms with Crippen molar-refractivity contribution in [1.82, 2.24) is 0 Å². The molecule has 4 saturated carbocycles. The maximum Gasteiger partial charge on any atom is 0.0106 e. The summed E-state index contributed by atoms with van der Waals surface area (Å²) in [7, 11) is 0. The minimum atomic E-state index is 0.725. The Balaban J connectivity index is 1.77. The summed E-state index contributed by atoms with van der Waals surface area (Å²) in [6.45, 7) is 0.725. The van der Waals surface area contributed by atoms with Crippen LogP contribution in [0.15, 0.2) is 12.2 Å². The van der Waals surface area contributed by atoms with Gasteiger partial charge >= 0.3 is 0 Å². The summed E-state index contributed by atoms with van der Waals surface area (Å²) < 4.78 is 0. The van der Waals surface area contributed by atoms with Gasteiger partial charge in [0.15, 0.2) is 0 Å². The molecule has 4 aliphatic rings. The highest BCUT2D eigenvalue weighted by Gasteiger charge is 2.46. The van der Waals surface area contributed by atoms with Gasteiger partial charge in [-0.05, 0) is 61.7 Å². The highest BCUT2D eigenvalue weighted by Crippen LogP contribution is 2.56. The van der Waals surface area contributed by atoms with Gasteiger partial charge in [-0.2, -0.15) is 0 Å². The molecule has 0 heterocycles. The van der Waals surface area contributed by atoms with Crippen LogP contribution in [-0.2, 0) is 0 Å². The Morgan fingerprint density at radius 1 is 0.929 bits per heavy atom. The molecule has 0 aliphatic heterocycles. The van der Waals surface area contributed by atoms with Crippen molar-refractivity contribution in [1.29, 1.82) is 0 Å². The zero-order chi connectivity index (χ0) is 9.54. The summed E-state index contributed by atoms with van der Waals surface area (Å²) in [6.07, 6.45) is 12.3. The molecule has 0 aromatic carbocycles. The van der Waals surface area contributed by atoms with Gasteiger partial charge in [0.05, 0.1) is 0 Å². The molecule has 0 aromatic heterocycles. The van der Waals surface area contributed by atoms with E-state index in [0.717, 1.165) is 36.1 Å². The third-order valence-electron chi connectivity index (χ3n) is 4.79. The van der Waals surface area contributed by atoms with Gasteiger partial charge in [-0.1, -0.05) is 12.2 Å². The molecule has 4 fully saturated rings. The average Bonchev–Trinajstić information content (AvgIpc) is 2.15. The Kier molecular flexibility index (Phi) is 2.16. The van der Waals surface area contributed by atoms with Crippen LogP contribution in [0.2, 0.25) is 0 Å². The first kappa shape index (κ1) is 8.96. The van der Waals surface area contributed by atoms with E-state index >= 15 is 0 Å². The molecule has 0 amide bonds. The van der Waals surface area contributed by atoms with Crippen LogP contribution in [0.1, 0.15) is 32.1 Å². The fourth-order valence-electron chi connectivity index (χ4n) is 4.52. The molecule has 0 spiro atoms. The summed E-state index contributed by atoms with van der Waals surface area (Å²) in [5.74, 6) is 5.13. The second kappa shape index (κ2) is 3.37. The van der Waals surface area contributed by atoms with E-state index in [-0.39, 0.29) is 0 Å². The molecule has 14 heavy (non-hydrogen) atoms. The fourth-order valence-corrected chi connectivity index (χ4v) is 4.52. The van der Waals surface area contributed by atoms with E-state index in [1.54, 1.807) is 6.42 Å². The Bertz CT molecular complexity index is 216. The van der Waals surface area contributed by atoms with Gasteiger partial charge in [0, 0.05) is 6.54 Å². The van der Waals surface area contributed by atoms with Crippen LogP contribution in [0.25, 0.3) is 0 Å². The van der Waals surface area contributed by atoms with Gasteiger partial charge < -0.3 is 5.73 Å².